The summed E-state index contributed by atoms with van der Waals surface area (Å²) in [4.78, 5) is 16.7. The van der Waals surface area contributed by atoms with E-state index in [1.54, 1.807) is 6.26 Å². The first-order valence-corrected chi connectivity index (χ1v) is 8.75. The maximum atomic E-state index is 14.7. The number of amides is 1. The Morgan fingerprint density at radius 3 is 2.96 bits per heavy atom. The quantitative estimate of drug-likeness (QED) is 0.859. The van der Waals surface area contributed by atoms with Crippen LogP contribution in [-0.2, 0) is 11.3 Å². The first kappa shape index (κ1) is 15.2. The van der Waals surface area contributed by atoms with Crippen LogP contribution in [0.3, 0.4) is 0 Å². The second-order valence-electron chi connectivity index (χ2n) is 7.74. The number of furan rings is 1. The van der Waals surface area contributed by atoms with Crippen LogP contribution in [0.15, 0.2) is 22.8 Å². The van der Waals surface area contributed by atoms with Crippen LogP contribution in [0.25, 0.3) is 0 Å². The molecule has 1 aliphatic carbocycles. The van der Waals surface area contributed by atoms with Gasteiger partial charge in [0.2, 0.25) is 5.91 Å². The number of likely N-dealkylation sites (tertiary alicyclic amines) is 2. The number of carbonyl (C=O) groups excluding carboxylic acids is 1. The van der Waals surface area contributed by atoms with E-state index in [0.717, 1.165) is 38.2 Å². The summed E-state index contributed by atoms with van der Waals surface area (Å²) in [6, 6.07) is 3.85. The number of nitrogens with zero attached hydrogens (tertiary/aromatic N) is 2. The van der Waals surface area contributed by atoms with E-state index in [-0.39, 0.29) is 17.2 Å². The van der Waals surface area contributed by atoms with Crippen molar-refractivity contribution in [3.63, 3.8) is 0 Å². The number of carbonyl (C=O) groups is 1. The van der Waals surface area contributed by atoms with Gasteiger partial charge in [0.05, 0.1) is 12.8 Å². The van der Waals surface area contributed by atoms with Gasteiger partial charge in [0, 0.05) is 31.0 Å². The lowest BCUT2D eigenvalue weighted by Gasteiger charge is -2.43. The summed E-state index contributed by atoms with van der Waals surface area (Å²) in [5, 5.41) is 0. The topological polar surface area (TPSA) is 36.7 Å². The molecule has 0 aromatic carbocycles. The van der Waals surface area contributed by atoms with E-state index in [0.29, 0.717) is 25.4 Å². The largest absolute Gasteiger partial charge is 0.468 e. The van der Waals surface area contributed by atoms with Gasteiger partial charge in [-0.05, 0) is 43.9 Å². The van der Waals surface area contributed by atoms with Crippen molar-refractivity contribution >= 4 is 5.91 Å². The van der Waals surface area contributed by atoms with Crippen LogP contribution in [0.1, 0.15) is 31.9 Å². The van der Waals surface area contributed by atoms with Gasteiger partial charge in [-0.15, -0.1) is 0 Å². The number of rotatable bonds is 3. The Morgan fingerprint density at radius 1 is 1.43 bits per heavy atom. The van der Waals surface area contributed by atoms with Gasteiger partial charge >= 0.3 is 0 Å². The summed E-state index contributed by atoms with van der Waals surface area (Å²) in [5.74, 6) is 1.89. The lowest BCUT2D eigenvalue weighted by atomic mass is 9.77. The van der Waals surface area contributed by atoms with E-state index in [1.165, 1.54) is 0 Å². The minimum absolute atomic E-state index is 0.198. The van der Waals surface area contributed by atoms with E-state index in [2.05, 4.69) is 11.8 Å². The maximum absolute atomic E-state index is 14.7. The molecule has 5 heteroatoms. The number of halogens is 1. The Kier molecular flexibility index (Phi) is 3.71. The highest BCUT2D eigenvalue weighted by molar-refractivity contribution is 5.81. The number of hydrogen-bond donors (Lipinski definition) is 0. The molecule has 1 spiro atoms. The molecule has 4 rings (SSSR count). The lowest BCUT2D eigenvalue weighted by Crippen LogP contribution is -2.53. The fourth-order valence-electron chi connectivity index (χ4n) is 4.35. The molecule has 2 aliphatic heterocycles. The van der Waals surface area contributed by atoms with Gasteiger partial charge in [-0.1, -0.05) is 6.92 Å². The lowest BCUT2D eigenvalue weighted by molar-refractivity contribution is -0.138. The van der Waals surface area contributed by atoms with Crippen LogP contribution < -0.4 is 0 Å². The van der Waals surface area contributed by atoms with Crippen molar-refractivity contribution in [2.45, 2.75) is 38.9 Å². The molecule has 4 nitrogen and oxygen atoms in total. The van der Waals surface area contributed by atoms with Crippen molar-refractivity contribution < 1.29 is 13.6 Å². The Balaban J connectivity index is 1.42. The van der Waals surface area contributed by atoms with Crippen LogP contribution in [0.2, 0.25) is 0 Å². The number of hydrogen-bond acceptors (Lipinski definition) is 3. The third kappa shape index (κ3) is 2.80. The Bertz CT molecular complexity index is 576. The van der Waals surface area contributed by atoms with Gasteiger partial charge in [-0.2, -0.15) is 0 Å². The summed E-state index contributed by atoms with van der Waals surface area (Å²) in [5.41, 5.74) is -0.376. The maximum Gasteiger partial charge on any atom is 0.225 e. The molecule has 1 aromatic rings. The SMILES string of the molecule is CC1CC1C(=O)N1CCC(F)C2(CCN(Cc3ccco3)C2)C1. The molecule has 1 aromatic heterocycles. The highest BCUT2D eigenvalue weighted by Gasteiger charge is 2.51. The zero-order valence-electron chi connectivity index (χ0n) is 13.7. The molecule has 3 aliphatic rings. The normalized spacial score (nSPS) is 37.5. The Labute approximate surface area is 136 Å². The van der Waals surface area contributed by atoms with Crippen molar-refractivity contribution in [2.24, 2.45) is 17.3 Å². The predicted octanol–water partition coefficient (Wildman–Crippen LogP) is 2.70. The average molecular weight is 320 g/mol. The summed E-state index contributed by atoms with van der Waals surface area (Å²) in [7, 11) is 0. The molecule has 1 amide bonds. The number of alkyl halides is 1. The van der Waals surface area contributed by atoms with Crippen molar-refractivity contribution in [3.05, 3.63) is 24.2 Å². The van der Waals surface area contributed by atoms with Gasteiger partial charge in [0.25, 0.3) is 0 Å². The van der Waals surface area contributed by atoms with Gasteiger partial charge in [-0.25, -0.2) is 4.39 Å². The van der Waals surface area contributed by atoms with Crippen molar-refractivity contribution in [1.29, 1.82) is 0 Å². The molecule has 23 heavy (non-hydrogen) atoms. The molecule has 0 bridgehead atoms. The minimum Gasteiger partial charge on any atom is -0.468 e. The van der Waals surface area contributed by atoms with Gasteiger partial charge in [0.15, 0.2) is 0 Å². The fourth-order valence-corrected chi connectivity index (χ4v) is 4.35. The third-order valence-electron chi connectivity index (χ3n) is 5.98. The van der Waals surface area contributed by atoms with Gasteiger partial charge in [0.1, 0.15) is 11.9 Å². The second kappa shape index (κ2) is 5.62. The summed E-state index contributed by atoms with van der Waals surface area (Å²) in [6.45, 7) is 5.63. The first-order chi connectivity index (χ1) is 11.1. The Hall–Kier alpha value is -1.36. The molecule has 4 unspecified atom stereocenters. The molecule has 2 saturated heterocycles. The highest BCUT2D eigenvalue weighted by atomic mass is 19.1. The molecule has 3 heterocycles. The van der Waals surface area contributed by atoms with E-state index in [1.807, 2.05) is 17.0 Å². The van der Waals surface area contributed by atoms with Crippen molar-refractivity contribution in [1.82, 2.24) is 9.80 Å². The molecular formula is C18H25FN2O2. The summed E-state index contributed by atoms with van der Waals surface area (Å²) >= 11 is 0. The van der Waals surface area contributed by atoms with Gasteiger partial charge in [-0.3, -0.25) is 9.69 Å². The zero-order chi connectivity index (χ0) is 16.0. The van der Waals surface area contributed by atoms with Crippen LogP contribution >= 0.6 is 0 Å². The van der Waals surface area contributed by atoms with Crippen LogP contribution in [-0.4, -0.2) is 48.1 Å². The van der Waals surface area contributed by atoms with Crippen molar-refractivity contribution in [2.75, 3.05) is 26.2 Å². The zero-order valence-corrected chi connectivity index (χ0v) is 13.7. The average Bonchev–Trinajstić information content (AvgIpc) is 2.92. The van der Waals surface area contributed by atoms with Gasteiger partial charge < -0.3 is 9.32 Å². The molecule has 3 fully saturated rings. The summed E-state index contributed by atoms with van der Waals surface area (Å²) < 4.78 is 20.1. The molecule has 0 radical (unpaired) electrons. The predicted molar refractivity (Wildman–Crippen MR) is 84.4 cm³/mol. The molecule has 126 valence electrons. The van der Waals surface area contributed by atoms with Crippen LogP contribution in [0.4, 0.5) is 4.39 Å². The standard InChI is InChI=1S/C18H25FN2O2/c1-13-9-15(13)17(22)21-6-4-16(19)18(12-21)5-7-20(11-18)10-14-3-2-8-23-14/h2-3,8,13,15-16H,4-7,9-12H2,1H3. The molecule has 4 atom stereocenters. The Morgan fingerprint density at radius 2 is 2.26 bits per heavy atom. The second-order valence-corrected chi connectivity index (χ2v) is 7.74. The third-order valence-corrected chi connectivity index (χ3v) is 5.98. The van der Waals surface area contributed by atoms with E-state index >= 15 is 0 Å². The van der Waals surface area contributed by atoms with E-state index < -0.39 is 6.17 Å². The van der Waals surface area contributed by atoms with E-state index in [9.17, 15) is 9.18 Å². The molecule has 0 N–H and O–H groups in total. The molecular weight excluding hydrogens is 295 g/mol. The monoisotopic (exact) mass is 320 g/mol. The molecule has 1 saturated carbocycles. The van der Waals surface area contributed by atoms with E-state index in [4.69, 9.17) is 4.42 Å². The fraction of sp³-hybridized carbons (Fsp3) is 0.722. The minimum atomic E-state index is -0.801. The smallest absolute Gasteiger partial charge is 0.225 e. The number of piperidine rings is 1. The van der Waals surface area contributed by atoms with Crippen molar-refractivity contribution in [3.8, 4) is 0 Å². The highest BCUT2D eigenvalue weighted by Crippen LogP contribution is 2.44. The first-order valence-electron chi connectivity index (χ1n) is 8.75. The van der Waals surface area contributed by atoms with Crippen LogP contribution in [0.5, 0.6) is 0 Å². The van der Waals surface area contributed by atoms with Crippen LogP contribution in [0, 0.1) is 17.3 Å². The summed E-state index contributed by atoms with van der Waals surface area (Å²) in [6.07, 6.45) is 3.20.